The van der Waals surface area contributed by atoms with Gasteiger partial charge in [0.05, 0.1) is 12.6 Å². The van der Waals surface area contributed by atoms with Crippen molar-refractivity contribution in [2.75, 3.05) is 13.2 Å². The number of urea groups is 1. The van der Waals surface area contributed by atoms with E-state index >= 15 is 0 Å². The maximum Gasteiger partial charge on any atom is 0.329 e. The zero-order valence-electron chi connectivity index (χ0n) is 11.8. The molecule has 1 fully saturated rings. The Labute approximate surface area is 113 Å². The van der Waals surface area contributed by atoms with E-state index < -0.39 is 17.5 Å². The van der Waals surface area contributed by atoms with E-state index in [-0.39, 0.29) is 18.6 Å². The average molecular weight is 272 g/mol. The van der Waals surface area contributed by atoms with Crippen molar-refractivity contribution in [1.82, 2.24) is 10.2 Å². The number of carboxylic acids is 1. The highest BCUT2D eigenvalue weighted by atomic mass is 16.4. The molecule has 0 aromatic heterocycles. The number of aliphatic hydroxyl groups is 1. The number of aliphatic hydroxyl groups excluding tert-OH is 1. The molecule has 2 atom stereocenters. The second kappa shape index (κ2) is 6.23. The summed E-state index contributed by atoms with van der Waals surface area (Å²) >= 11 is 0. The van der Waals surface area contributed by atoms with Crippen LogP contribution in [-0.2, 0) is 4.79 Å². The summed E-state index contributed by atoms with van der Waals surface area (Å²) in [5.41, 5.74) is -1.22. The minimum Gasteiger partial charge on any atom is -0.480 e. The molecular formula is C13H24N2O4. The first-order chi connectivity index (χ1) is 8.91. The first-order valence-corrected chi connectivity index (χ1v) is 6.84. The average Bonchev–Trinajstić information content (AvgIpc) is 2.76. The van der Waals surface area contributed by atoms with Crippen LogP contribution in [0.15, 0.2) is 0 Å². The number of carbonyl (C=O) groups excluding carboxylic acids is 1. The molecule has 2 unspecified atom stereocenters. The molecule has 0 aromatic carbocycles. The molecule has 0 aliphatic carbocycles. The topological polar surface area (TPSA) is 89.9 Å². The molecule has 0 spiro atoms. The summed E-state index contributed by atoms with van der Waals surface area (Å²) in [5.74, 6) is -0.781. The van der Waals surface area contributed by atoms with Gasteiger partial charge >= 0.3 is 12.0 Å². The fraction of sp³-hybridized carbons (Fsp3) is 0.846. The number of nitrogens with one attached hydrogen (secondary N) is 1. The van der Waals surface area contributed by atoms with Gasteiger partial charge in [0.2, 0.25) is 0 Å². The van der Waals surface area contributed by atoms with Gasteiger partial charge in [-0.25, -0.2) is 9.59 Å². The second-order valence-electron chi connectivity index (χ2n) is 5.23. The summed E-state index contributed by atoms with van der Waals surface area (Å²) < 4.78 is 0. The van der Waals surface area contributed by atoms with Crippen molar-refractivity contribution in [3.8, 4) is 0 Å². The number of carbonyl (C=O) groups is 2. The van der Waals surface area contributed by atoms with Gasteiger partial charge in [-0.15, -0.1) is 0 Å². The highest BCUT2D eigenvalue weighted by molar-refractivity contribution is 5.86. The van der Waals surface area contributed by atoms with Gasteiger partial charge < -0.3 is 20.4 Å². The number of hydrogen-bond acceptors (Lipinski definition) is 3. The van der Waals surface area contributed by atoms with Crippen LogP contribution in [-0.4, -0.2) is 51.8 Å². The smallest absolute Gasteiger partial charge is 0.329 e. The highest BCUT2D eigenvalue weighted by Gasteiger charge is 2.41. The maximum absolute atomic E-state index is 12.2. The molecule has 0 radical (unpaired) electrons. The van der Waals surface area contributed by atoms with Crippen molar-refractivity contribution in [1.29, 1.82) is 0 Å². The Morgan fingerprint density at radius 2 is 1.95 bits per heavy atom. The van der Waals surface area contributed by atoms with E-state index in [2.05, 4.69) is 5.32 Å². The van der Waals surface area contributed by atoms with Crippen molar-refractivity contribution in [2.45, 2.75) is 51.6 Å². The Balaban J connectivity index is 2.81. The van der Waals surface area contributed by atoms with Crippen LogP contribution in [0.3, 0.4) is 0 Å². The Bertz CT molecular complexity index is 342. The molecular weight excluding hydrogens is 248 g/mol. The van der Waals surface area contributed by atoms with E-state index in [1.807, 2.05) is 6.92 Å². The Kier molecular flexibility index (Phi) is 5.17. The van der Waals surface area contributed by atoms with Crippen molar-refractivity contribution < 1.29 is 19.8 Å². The SMILES string of the molecule is CCC(CC)(NC(=O)N1CCC(C)C1CO)C(=O)O. The van der Waals surface area contributed by atoms with Crippen LogP contribution in [0, 0.1) is 5.92 Å². The van der Waals surface area contributed by atoms with E-state index in [9.17, 15) is 19.8 Å². The fourth-order valence-electron chi connectivity index (χ4n) is 2.60. The molecule has 1 aliphatic rings. The maximum atomic E-state index is 12.2. The molecule has 6 nitrogen and oxygen atoms in total. The zero-order valence-corrected chi connectivity index (χ0v) is 11.8. The van der Waals surface area contributed by atoms with Gasteiger partial charge in [0.25, 0.3) is 0 Å². The van der Waals surface area contributed by atoms with Gasteiger partial charge in [-0.3, -0.25) is 0 Å². The van der Waals surface area contributed by atoms with Crippen LogP contribution >= 0.6 is 0 Å². The molecule has 19 heavy (non-hydrogen) atoms. The van der Waals surface area contributed by atoms with Crippen molar-refractivity contribution >= 4 is 12.0 Å². The lowest BCUT2D eigenvalue weighted by Gasteiger charge is -2.33. The molecule has 3 N–H and O–H groups in total. The predicted octanol–water partition coefficient (Wildman–Crippen LogP) is 1.04. The number of amides is 2. The van der Waals surface area contributed by atoms with Crippen molar-refractivity contribution in [3.05, 3.63) is 0 Å². The summed E-state index contributed by atoms with van der Waals surface area (Å²) in [5, 5.41) is 21.3. The molecule has 6 heteroatoms. The standard InChI is InChI=1S/C13H24N2O4/c1-4-13(5-2,11(17)18)14-12(19)15-7-6-9(3)10(15)8-16/h9-10,16H,4-8H2,1-3H3,(H,14,19)(H,17,18). The van der Waals surface area contributed by atoms with Gasteiger partial charge in [-0.05, 0) is 25.2 Å². The van der Waals surface area contributed by atoms with Gasteiger partial charge in [-0.2, -0.15) is 0 Å². The summed E-state index contributed by atoms with van der Waals surface area (Å²) in [6, 6.07) is -0.616. The molecule has 0 bridgehead atoms. The lowest BCUT2D eigenvalue weighted by atomic mass is 9.93. The van der Waals surface area contributed by atoms with Crippen LogP contribution < -0.4 is 5.32 Å². The van der Waals surface area contributed by atoms with Crippen LogP contribution in [0.4, 0.5) is 4.79 Å². The third-order valence-electron chi connectivity index (χ3n) is 4.29. The van der Waals surface area contributed by atoms with Crippen LogP contribution in [0.5, 0.6) is 0 Å². The Hall–Kier alpha value is -1.30. The number of nitrogens with zero attached hydrogens (tertiary/aromatic N) is 1. The van der Waals surface area contributed by atoms with Gasteiger partial charge in [0.1, 0.15) is 5.54 Å². The molecule has 1 heterocycles. The van der Waals surface area contributed by atoms with Gasteiger partial charge in [0, 0.05) is 6.54 Å². The first kappa shape index (κ1) is 15.8. The summed E-state index contributed by atoms with van der Waals surface area (Å²) in [7, 11) is 0. The van der Waals surface area contributed by atoms with Crippen LogP contribution in [0.2, 0.25) is 0 Å². The number of hydrogen-bond donors (Lipinski definition) is 3. The fourth-order valence-corrected chi connectivity index (χ4v) is 2.60. The van der Waals surface area contributed by atoms with Crippen molar-refractivity contribution in [3.63, 3.8) is 0 Å². The van der Waals surface area contributed by atoms with E-state index in [0.717, 1.165) is 6.42 Å². The summed E-state index contributed by atoms with van der Waals surface area (Å²) in [6.07, 6.45) is 1.49. The molecule has 1 rings (SSSR count). The molecule has 1 saturated heterocycles. The van der Waals surface area contributed by atoms with Crippen molar-refractivity contribution in [2.24, 2.45) is 5.92 Å². The normalized spacial score (nSPS) is 23.5. The zero-order chi connectivity index (χ0) is 14.6. The molecule has 0 saturated carbocycles. The highest BCUT2D eigenvalue weighted by Crippen LogP contribution is 2.25. The number of aliphatic carboxylic acids is 1. The summed E-state index contributed by atoms with van der Waals surface area (Å²) in [6.45, 7) is 5.94. The van der Waals surface area contributed by atoms with E-state index in [4.69, 9.17) is 0 Å². The monoisotopic (exact) mass is 272 g/mol. The van der Waals surface area contributed by atoms with E-state index in [1.54, 1.807) is 18.7 Å². The third-order valence-corrected chi connectivity index (χ3v) is 4.29. The minimum absolute atomic E-state index is 0.0904. The third kappa shape index (κ3) is 3.00. The van der Waals surface area contributed by atoms with E-state index in [1.165, 1.54) is 0 Å². The van der Waals surface area contributed by atoms with Gasteiger partial charge in [0.15, 0.2) is 0 Å². The first-order valence-electron chi connectivity index (χ1n) is 6.84. The quantitative estimate of drug-likeness (QED) is 0.697. The lowest BCUT2D eigenvalue weighted by Crippen LogP contribution is -2.58. The van der Waals surface area contributed by atoms with E-state index in [0.29, 0.717) is 19.4 Å². The van der Waals surface area contributed by atoms with Crippen LogP contribution in [0.25, 0.3) is 0 Å². The predicted molar refractivity (Wildman–Crippen MR) is 70.8 cm³/mol. The number of likely N-dealkylation sites (tertiary alicyclic amines) is 1. The number of carboxylic acid groups (broad SMARTS) is 1. The Morgan fingerprint density at radius 1 is 1.37 bits per heavy atom. The minimum atomic E-state index is -1.22. The molecule has 0 aromatic rings. The molecule has 2 amide bonds. The van der Waals surface area contributed by atoms with Gasteiger partial charge in [-0.1, -0.05) is 20.8 Å². The molecule has 1 aliphatic heterocycles. The lowest BCUT2D eigenvalue weighted by molar-refractivity contribution is -0.144. The largest absolute Gasteiger partial charge is 0.480 e. The molecule has 110 valence electrons. The van der Waals surface area contributed by atoms with Crippen LogP contribution in [0.1, 0.15) is 40.0 Å². The summed E-state index contributed by atoms with van der Waals surface area (Å²) in [4.78, 5) is 25.2. The number of rotatable bonds is 5. The second-order valence-corrected chi connectivity index (χ2v) is 5.23. The Morgan fingerprint density at radius 3 is 2.37 bits per heavy atom.